The zero-order valence-electron chi connectivity index (χ0n) is 14.5. The van der Waals surface area contributed by atoms with Crippen molar-refractivity contribution in [1.29, 1.82) is 0 Å². The second kappa shape index (κ2) is 7.82. The highest BCUT2D eigenvalue weighted by atomic mass is 19.4. The predicted molar refractivity (Wildman–Crippen MR) is 89.9 cm³/mol. The normalized spacial score (nSPS) is 13.8. The standard InChI is InChI=1S/C18H19F4NO3/c1-24-15-8-4-13(5-9-15)23(12-17(19,26-3)18(20,21)22)14-6-10-16(25-2)11-7-14/h4-11H,12H2,1-3H3. The number of nitrogens with zero attached hydrogens (tertiary/aromatic N) is 1. The Morgan fingerprint density at radius 2 is 1.12 bits per heavy atom. The third-order valence-corrected chi connectivity index (χ3v) is 3.88. The molecule has 142 valence electrons. The van der Waals surface area contributed by atoms with E-state index in [1.165, 1.54) is 43.4 Å². The van der Waals surface area contributed by atoms with Crippen molar-refractivity contribution in [3.8, 4) is 11.5 Å². The van der Waals surface area contributed by atoms with E-state index in [9.17, 15) is 17.6 Å². The van der Waals surface area contributed by atoms with Gasteiger partial charge in [-0.1, -0.05) is 0 Å². The van der Waals surface area contributed by atoms with Crippen LogP contribution in [0.5, 0.6) is 11.5 Å². The van der Waals surface area contributed by atoms with Crippen LogP contribution in [0.3, 0.4) is 0 Å². The fourth-order valence-electron chi connectivity index (χ4n) is 2.33. The number of anilines is 2. The first-order chi connectivity index (χ1) is 12.2. The van der Waals surface area contributed by atoms with Crippen LogP contribution in [0.15, 0.2) is 48.5 Å². The molecule has 0 aromatic heterocycles. The van der Waals surface area contributed by atoms with E-state index < -0.39 is 18.6 Å². The molecule has 2 rings (SSSR count). The molecule has 0 fully saturated rings. The molecule has 2 aromatic carbocycles. The Labute approximate surface area is 148 Å². The smallest absolute Gasteiger partial charge is 0.450 e. The molecule has 1 atom stereocenters. The Balaban J connectivity index is 2.46. The zero-order valence-corrected chi connectivity index (χ0v) is 14.5. The van der Waals surface area contributed by atoms with E-state index in [1.54, 1.807) is 24.3 Å². The van der Waals surface area contributed by atoms with Crippen LogP contribution < -0.4 is 14.4 Å². The number of ether oxygens (including phenoxy) is 3. The highest BCUT2D eigenvalue weighted by Gasteiger charge is 2.58. The predicted octanol–water partition coefficient (Wildman–Crippen LogP) is 4.72. The van der Waals surface area contributed by atoms with Crippen LogP contribution in [0.1, 0.15) is 0 Å². The van der Waals surface area contributed by atoms with Gasteiger partial charge in [0.15, 0.2) is 0 Å². The van der Waals surface area contributed by atoms with Crippen molar-refractivity contribution in [2.45, 2.75) is 12.0 Å². The summed E-state index contributed by atoms with van der Waals surface area (Å²) in [5.41, 5.74) is 0.693. The van der Waals surface area contributed by atoms with Crippen LogP contribution in [0.25, 0.3) is 0 Å². The Bertz CT molecular complexity index is 656. The Morgan fingerprint density at radius 3 is 1.38 bits per heavy atom. The molecule has 26 heavy (non-hydrogen) atoms. The first-order valence-corrected chi connectivity index (χ1v) is 7.60. The lowest BCUT2D eigenvalue weighted by molar-refractivity contribution is -0.319. The molecule has 0 bridgehead atoms. The van der Waals surface area contributed by atoms with Crippen LogP contribution in [-0.4, -0.2) is 39.9 Å². The van der Waals surface area contributed by atoms with Crippen LogP contribution >= 0.6 is 0 Å². The molecule has 0 amide bonds. The molecule has 0 spiro atoms. The summed E-state index contributed by atoms with van der Waals surface area (Å²) in [5.74, 6) is -2.79. The van der Waals surface area contributed by atoms with Crippen molar-refractivity contribution in [2.24, 2.45) is 0 Å². The minimum Gasteiger partial charge on any atom is -0.497 e. The molecule has 2 aromatic rings. The average molecular weight is 373 g/mol. The SMILES string of the molecule is COc1ccc(N(CC(F)(OC)C(F)(F)F)c2ccc(OC)cc2)cc1. The van der Waals surface area contributed by atoms with Gasteiger partial charge in [0, 0.05) is 18.5 Å². The Kier molecular flexibility index (Phi) is 5.97. The third-order valence-electron chi connectivity index (χ3n) is 3.88. The van der Waals surface area contributed by atoms with Gasteiger partial charge in [0.05, 0.1) is 20.8 Å². The number of rotatable bonds is 7. The summed E-state index contributed by atoms with van der Waals surface area (Å²) in [4.78, 5) is 1.18. The van der Waals surface area contributed by atoms with Crippen LogP contribution in [0, 0.1) is 0 Å². The Hall–Kier alpha value is -2.48. The van der Waals surface area contributed by atoms with Gasteiger partial charge >= 0.3 is 12.0 Å². The van der Waals surface area contributed by atoms with E-state index in [2.05, 4.69) is 4.74 Å². The van der Waals surface area contributed by atoms with Crippen LogP contribution in [0.2, 0.25) is 0 Å². The molecule has 0 saturated heterocycles. The maximum atomic E-state index is 14.5. The van der Waals surface area contributed by atoms with E-state index in [0.717, 1.165) is 0 Å². The number of alkyl halides is 4. The quantitative estimate of drug-likeness (QED) is 0.658. The van der Waals surface area contributed by atoms with E-state index in [1.807, 2.05) is 0 Å². The number of benzene rings is 2. The second-order valence-electron chi connectivity index (χ2n) is 5.41. The van der Waals surface area contributed by atoms with Crippen molar-refractivity contribution < 1.29 is 31.8 Å². The van der Waals surface area contributed by atoms with E-state index in [0.29, 0.717) is 30.0 Å². The highest BCUT2D eigenvalue weighted by molar-refractivity contribution is 5.64. The maximum absolute atomic E-state index is 14.5. The average Bonchev–Trinajstić information content (AvgIpc) is 2.65. The fourth-order valence-corrected chi connectivity index (χ4v) is 2.33. The summed E-state index contributed by atoms with van der Waals surface area (Å²) in [6.07, 6.45) is -5.20. The second-order valence-corrected chi connectivity index (χ2v) is 5.41. The van der Waals surface area contributed by atoms with E-state index in [4.69, 9.17) is 9.47 Å². The van der Waals surface area contributed by atoms with Gasteiger partial charge < -0.3 is 19.1 Å². The maximum Gasteiger partial charge on any atom is 0.450 e. The van der Waals surface area contributed by atoms with Crippen molar-refractivity contribution >= 4 is 11.4 Å². The summed E-state index contributed by atoms with van der Waals surface area (Å²) < 4.78 is 68.3. The first kappa shape index (κ1) is 19.8. The topological polar surface area (TPSA) is 30.9 Å². The molecule has 0 N–H and O–H groups in total. The molecule has 0 aliphatic rings. The largest absolute Gasteiger partial charge is 0.497 e. The number of methoxy groups -OCH3 is 3. The number of hydrogen-bond donors (Lipinski definition) is 0. The third kappa shape index (κ3) is 4.19. The molecule has 0 saturated carbocycles. The molecule has 0 heterocycles. The molecule has 0 radical (unpaired) electrons. The lowest BCUT2D eigenvalue weighted by Gasteiger charge is -2.34. The number of hydrogen-bond acceptors (Lipinski definition) is 4. The van der Waals surface area contributed by atoms with Gasteiger partial charge in [0.2, 0.25) is 0 Å². The number of halogens is 4. The summed E-state index contributed by atoms with van der Waals surface area (Å²) >= 11 is 0. The summed E-state index contributed by atoms with van der Waals surface area (Å²) in [6, 6.07) is 12.5. The van der Waals surface area contributed by atoms with Gasteiger partial charge in [0.1, 0.15) is 11.5 Å². The summed E-state index contributed by atoms with van der Waals surface area (Å²) in [6.45, 7) is -1.08. The minimum atomic E-state index is -5.20. The van der Waals surface area contributed by atoms with Crippen molar-refractivity contribution in [1.82, 2.24) is 0 Å². The van der Waals surface area contributed by atoms with Crippen LogP contribution in [-0.2, 0) is 4.74 Å². The van der Waals surface area contributed by atoms with Crippen molar-refractivity contribution in [3.05, 3.63) is 48.5 Å². The Morgan fingerprint density at radius 1 is 0.731 bits per heavy atom. The van der Waals surface area contributed by atoms with Gasteiger partial charge in [0.25, 0.3) is 0 Å². The molecular formula is C18H19F4NO3. The lowest BCUT2D eigenvalue weighted by Crippen LogP contribution is -2.50. The van der Waals surface area contributed by atoms with Gasteiger partial charge in [-0.3, -0.25) is 0 Å². The molecule has 8 heteroatoms. The van der Waals surface area contributed by atoms with E-state index in [-0.39, 0.29) is 0 Å². The monoisotopic (exact) mass is 373 g/mol. The van der Waals surface area contributed by atoms with E-state index >= 15 is 0 Å². The van der Waals surface area contributed by atoms with Crippen molar-refractivity contribution in [3.63, 3.8) is 0 Å². The van der Waals surface area contributed by atoms with Gasteiger partial charge in [-0.2, -0.15) is 17.6 Å². The van der Waals surface area contributed by atoms with Gasteiger partial charge in [-0.15, -0.1) is 0 Å². The molecule has 1 unspecified atom stereocenters. The summed E-state index contributed by atoms with van der Waals surface area (Å²) in [5, 5.41) is 0. The lowest BCUT2D eigenvalue weighted by atomic mass is 10.1. The van der Waals surface area contributed by atoms with Gasteiger partial charge in [-0.05, 0) is 48.5 Å². The fraction of sp³-hybridized carbons (Fsp3) is 0.333. The summed E-state index contributed by atoms with van der Waals surface area (Å²) in [7, 11) is 3.63. The van der Waals surface area contributed by atoms with Crippen molar-refractivity contribution in [2.75, 3.05) is 32.8 Å². The van der Waals surface area contributed by atoms with Gasteiger partial charge in [-0.25, -0.2) is 0 Å². The molecule has 0 aliphatic heterocycles. The molecule has 0 aliphatic carbocycles. The first-order valence-electron chi connectivity index (χ1n) is 7.60. The molecule has 4 nitrogen and oxygen atoms in total. The minimum absolute atomic E-state index is 0.347. The zero-order chi connectivity index (χ0) is 19.4. The van der Waals surface area contributed by atoms with Crippen LogP contribution in [0.4, 0.5) is 28.9 Å². The molecular weight excluding hydrogens is 354 g/mol. The highest BCUT2D eigenvalue weighted by Crippen LogP contribution is 2.39.